The zero-order chi connectivity index (χ0) is 13.0. The molecule has 1 N–H and O–H groups in total. The van der Waals surface area contributed by atoms with E-state index in [4.69, 9.17) is 5.11 Å². The van der Waals surface area contributed by atoms with Crippen molar-refractivity contribution in [2.75, 3.05) is 6.54 Å². The van der Waals surface area contributed by atoms with Gasteiger partial charge in [-0.1, -0.05) is 24.3 Å². The summed E-state index contributed by atoms with van der Waals surface area (Å²) < 4.78 is 0. The van der Waals surface area contributed by atoms with Crippen LogP contribution in [0.5, 0.6) is 0 Å². The first-order chi connectivity index (χ1) is 8.66. The van der Waals surface area contributed by atoms with E-state index in [1.165, 1.54) is 24.5 Å². The molecule has 3 heteroatoms. The van der Waals surface area contributed by atoms with Crippen LogP contribution in [-0.4, -0.2) is 28.6 Å². The summed E-state index contributed by atoms with van der Waals surface area (Å²) in [4.78, 5) is 13.0. The Bertz CT molecular complexity index is 454. The lowest BCUT2D eigenvalue weighted by molar-refractivity contribution is -0.131. The smallest absolute Gasteiger partial charge is 0.328 e. The van der Waals surface area contributed by atoms with Crippen LogP contribution in [0.4, 0.5) is 0 Å². The van der Waals surface area contributed by atoms with Gasteiger partial charge in [0.15, 0.2) is 0 Å². The second-order valence-corrected chi connectivity index (χ2v) is 4.83. The standard InChI is InChI=1S/C15H19NO2/c1-12-5-4-10-16(12)11-14-7-3-2-6-13(14)8-9-15(17)18/h2-3,6-9,12H,4-5,10-11H2,1H3,(H,17,18). The molecule has 0 spiro atoms. The van der Waals surface area contributed by atoms with E-state index >= 15 is 0 Å². The summed E-state index contributed by atoms with van der Waals surface area (Å²) in [5.41, 5.74) is 2.20. The summed E-state index contributed by atoms with van der Waals surface area (Å²) in [7, 11) is 0. The van der Waals surface area contributed by atoms with Crippen LogP contribution in [0.1, 0.15) is 30.9 Å². The van der Waals surface area contributed by atoms with Crippen LogP contribution in [0.2, 0.25) is 0 Å². The van der Waals surface area contributed by atoms with Crippen LogP contribution in [0.3, 0.4) is 0 Å². The fourth-order valence-corrected chi connectivity index (χ4v) is 2.45. The van der Waals surface area contributed by atoms with Crippen LogP contribution >= 0.6 is 0 Å². The zero-order valence-electron chi connectivity index (χ0n) is 10.7. The van der Waals surface area contributed by atoms with Crippen molar-refractivity contribution in [1.29, 1.82) is 0 Å². The Kier molecular flexibility index (Phi) is 4.15. The van der Waals surface area contributed by atoms with Gasteiger partial charge >= 0.3 is 5.97 Å². The highest BCUT2D eigenvalue weighted by Gasteiger charge is 2.20. The highest BCUT2D eigenvalue weighted by atomic mass is 16.4. The van der Waals surface area contributed by atoms with Crippen LogP contribution < -0.4 is 0 Å². The quantitative estimate of drug-likeness (QED) is 0.829. The molecule has 96 valence electrons. The minimum absolute atomic E-state index is 0.626. The highest BCUT2D eigenvalue weighted by molar-refractivity contribution is 5.85. The molecule has 1 atom stereocenters. The number of aliphatic carboxylic acids is 1. The normalized spacial score (nSPS) is 20.6. The van der Waals surface area contributed by atoms with Gasteiger partial charge in [-0.25, -0.2) is 4.79 Å². The topological polar surface area (TPSA) is 40.5 Å². The average molecular weight is 245 g/mol. The molecule has 3 nitrogen and oxygen atoms in total. The Morgan fingerprint density at radius 2 is 2.28 bits per heavy atom. The molecule has 1 heterocycles. The number of carboxylic acids is 1. The molecular formula is C15H19NO2. The van der Waals surface area contributed by atoms with Gasteiger partial charge in [0.2, 0.25) is 0 Å². The second kappa shape index (κ2) is 5.83. The van der Waals surface area contributed by atoms with E-state index < -0.39 is 5.97 Å². The monoisotopic (exact) mass is 245 g/mol. The van der Waals surface area contributed by atoms with Gasteiger partial charge in [0.25, 0.3) is 0 Å². The summed E-state index contributed by atoms with van der Waals surface area (Å²) in [6.45, 7) is 4.29. The number of likely N-dealkylation sites (tertiary alicyclic amines) is 1. The molecule has 0 aliphatic carbocycles. The molecular weight excluding hydrogens is 226 g/mol. The van der Waals surface area contributed by atoms with Crippen LogP contribution in [0, 0.1) is 0 Å². The van der Waals surface area contributed by atoms with E-state index in [2.05, 4.69) is 17.9 Å². The van der Waals surface area contributed by atoms with Gasteiger partial charge in [-0.2, -0.15) is 0 Å². The van der Waals surface area contributed by atoms with Crippen molar-refractivity contribution in [3.63, 3.8) is 0 Å². The van der Waals surface area contributed by atoms with Crippen molar-refractivity contribution >= 4 is 12.0 Å². The predicted molar refractivity (Wildman–Crippen MR) is 72.2 cm³/mol. The fraction of sp³-hybridized carbons (Fsp3) is 0.400. The van der Waals surface area contributed by atoms with Gasteiger partial charge in [-0.15, -0.1) is 0 Å². The first-order valence-corrected chi connectivity index (χ1v) is 6.40. The summed E-state index contributed by atoms with van der Waals surface area (Å²) in [5.74, 6) is -0.903. The van der Waals surface area contributed by atoms with Crippen LogP contribution in [0.15, 0.2) is 30.3 Å². The minimum Gasteiger partial charge on any atom is -0.478 e. The zero-order valence-corrected chi connectivity index (χ0v) is 10.7. The Balaban J connectivity index is 2.14. The van der Waals surface area contributed by atoms with Crippen molar-refractivity contribution in [3.05, 3.63) is 41.5 Å². The molecule has 1 unspecified atom stereocenters. The number of carboxylic acid groups (broad SMARTS) is 1. The molecule has 1 saturated heterocycles. The molecule has 2 rings (SSSR count). The van der Waals surface area contributed by atoms with E-state index in [0.717, 1.165) is 18.7 Å². The maximum absolute atomic E-state index is 10.6. The molecule has 0 bridgehead atoms. The van der Waals surface area contributed by atoms with E-state index in [1.54, 1.807) is 6.08 Å². The van der Waals surface area contributed by atoms with Gasteiger partial charge in [0, 0.05) is 18.7 Å². The molecule has 0 saturated carbocycles. The van der Waals surface area contributed by atoms with Gasteiger partial charge in [0.05, 0.1) is 0 Å². The summed E-state index contributed by atoms with van der Waals surface area (Å²) >= 11 is 0. The molecule has 0 radical (unpaired) electrons. The largest absolute Gasteiger partial charge is 0.478 e. The summed E-state index contributed by atoms with van der Waals surface area (Å²) in [6.07, 6.45) is 5.39. The predicted octanol–water partition coefficient (Wildman–Crippen LogP) is 2.77. The Hall–Kier alpha value is -1.61. The lowest BCUT2D eigenvalue weighted by Gasteiger charge is -2.21. The average Bonchev–Trinajstić information content (AvgIpc) is 2.74. The molecule has 1 aliphatic rings. The van der Waals surface area contributed by atoms with Gasteiger partial charge in [-0.3, -0.25) is 4.90 Å². The number of benzene rings is 1. The highest BCUT2D eigenvalue weighted by Crippen LogP contribution is 2.21. The van der Waals surface area contributed by atoms with E-state index in [-0.39, 0.29) is 0 Å². The Labute approximate surface area is 108 Å². The molecule has 1 aliphatic heterocycles. The Morgan fingerprint density at radius 1 is 1.50 bits per heavy atom. The van der Waals surface area contributed by atoms with Crippen LogP contribution in [-0.2, 0) is 11.3 Å². The number of nitrogens with zero attached hydrogens (tertiary/aromatic N) is 1. The molecule has 1 aromatic rings. The number of hydrogen-bond acceptors (Lipinski definition) is 2. The number of hydrogen-bond donors (Lipinski definition) is 1. The molecule has 18 heavy (non-hydrogen) atoms. The van der Waals surface area contributed by atoms with E-state index in [1.807, 2.05) is 18.2 Å². The summed E-state index contributed by atoms with van der Waals surface area (Å²) in [5, 5.41) is 8.69. The maximum Gasteiger partial charge on any atom is 0.328 e. The summed E-state index contributed by atoms with van der Waals surface area (Å²) in [6, 6.07) is 8.62. The number of rotatable bonds is 4. The molecule has 1 aromatic carbocycles. The second-order valence-electron chi connectivity index (χ2n) is 4.83. The Morgan fingerprint density at radius 3 is 2.94 bits per heavy atom. The van der Waals surface area contributed by atoms with Crippen molar-refractivity contribution < 1.29 is 9.90 Å². The van der Waals surface area contributed by atoms with Gasteiger partial charge in [-0.05, 0) is 43.5 Å². The fourth-order valence-electron chi connectivity index (χ4n) is 2.45. The van der Waals surface area contributed by atoms with Crippen molar-refractivity contribution in [1.82, 2.24) is 4.90 Å². The molecule has 1 fully saturated rings. The third-order valence-electron chi connectivity index (χ3n) is 3.52. The van der Waals surface area contributed by atoms with Gasteiger partial charge < -0.3 is 5.11 Å². The molecule has 0 aromatic heterocycles. The number of carbonyl (C=O) groups is 1. The SMILES string of the molecule is CC1CCCN1Cc1ccccc1C=CC(=O)O. The maximum atomic E-state index is 10.6. The third-order valence-corrected chi connectivity index (χ3v) is 3.52. The van der Waals surface area contributed by atoms with Gasteiger partial charge in [0.1, 0.15) is 0 Å². The minimum atomic E-state index is -0.903. The van der Waals surface area contributed by atoms with E-state index in [9.17, 15) is 4.79 Å². The van der Waals surface area contributed by atoms with Crippen molar-refractivity contribution in [3.8, 4) is 0 Å². The molecule has 0 amide bonds. The van der Waals surface area contributed by atoms with Crippen molar-refractivity contribution in [2.45, 2.75) is 32.4 Å². The first kappa shape index (κ1) is 12.8. The van der Waals surface area contributed by atoms with Crippen molar-refractivity contribution in [2.24, 2.45) is 0 Å². The lowest BCUT2D eigenvalue weighted by Crippen LogP contribution is -2.26. The third kappa shape index (κ3) is 3.20. The first-order valence-electron chi connectivity index (χ1n) is 6.40. The van der Waals surface area contributed by atoms with Crippen LogP contribution in [0.25, 0.3) is 6.08 Å². The van der Waals surface area contributed by atoms with E-state index in [0.29, 0.717) is 6.04 Å². The lowest BCUT2D eigenvalue weighted by atomic mass is 10.1.